The summed E-state index contributed by atoms with van der Waals surface area (Å²) in [5.74, 6) is -6.68. The minimum atomic E-state index is -0.693. The molecule has 0 amide bonds. The smallest absolute Gasteiger partial charge is 0.321 e. The third kappa shape index (κ3) is 7.42. The van der Waals surface area contributed by atoms with Crippen LogP contribution in [-0.2, 0) is 67.5 Å². The molecule has 4 aliphatic heterocycles. The average molecular weight is 839 g/mol. The van der Waals surface area contributed by atoms with Gasteiger partial charge in [-0.3, -0.25) is 38.4 Å². The molecule has 4 fully saturated rings. The number of allylic oxidation sites excluding steroid dienone is 4. The summed E-state index contributed by atoms with van der Waals surface area (Å²) in [6, 6.07) is 15.4. The fourth-order valence-corrected chi connectivity index (χ4v) is 8.04. The van der Waals surface area contributed by atoms with E-state index in [9.17, 15) is 38.4 Å². The Morgan fingerprint density at radius 1 is 0.355 bits per heavy atom. The highest BCUT2D eigenvalue weighted by atomic mass is 16.6. The molecule has 312 valence electrons. The molecule has 2 aromatic carbocycles. The zero-order valence-electron chi connectivity index (χ0n) is 32.8. The summed E-state index contributed by atoms with van der Waals surface area (Å²) in [5.41, 5.74) is 1.80. The molecular formula is C47H34O15. The standard InChI is InChI=1S/C31H24O8.C16H10O7/c1-31(2,17-3-7-19(8-4-17)36-21-11-13-23-25(15-21)29(34)38-27(23)32)18-5-9-20(10-6-18)37-22-12-14-24-26(16-22)30(35)39-28(24)33;17-13-9-3-1-7(5-11(9)15(19)22-13)21-8-2-4-10-12(6-8)16(20)23-14(10)18/h3-16,23-26H,1-2H3;1-6,9-12H. The molecule has 4 saturated heterocycles. The first-order chi connectivity index (χ1) is 29.7. The molecule has 4 heterocycles. The quantitative estimate of drug-likeness (QED) is 0.198. The van der Waals surface area contributed by atoms with E-state index < -0.39 is 95.1 Å². The van der Waals surface area contributed by atoms with E-state index in [0.29, 0.717) is 34.5 Å². The van der Waals surface area contributed by atoms with Gasteiger partial charge in [0.1, 0.15) is 34.5 Å². The molecule has 8 aliphatic rings. The lowest BCUT2D eigenvalue weighted by molar-refractivity contribution is -0.155. The summed E-state index contributed by atoms with van der Waals surface area (Å²) in [4.78, 5) is 93.2. The minimum Gasteiger partial charge on any atom is -0.458 e. The van der Waals surface area contributed by atoms with Crippen LogP contribution in [0.5, 0.6) is 11.5 Å². The summed E-state index contributed by atoms with van der Waals surface area (Å²) in [6.07, 6.45) is 19.1. The van der Waals surface area contributed by atoms with Crippen molar-refractivity contribution in [3.8, 4) is 11.5 Å². The molecule has 4 aliphatic carbocycles. The Hall–Kier alpha value is -7.68. The molecule has 8 unspecified atom stereocenters. The summed E-state index contributed by atoms with van der Waals surface area (Å²) < 4.78 is 36.0. The van der Waals surface area contributed by atoms with Gasteiger partial charge in [0.25, 0.3) is 0 Å². The van der Waals surface area contributed by atoms with Gasteiger partial charge in [-0.2, -0.15) is 0 Å². The second-order valence-corrected chi connectivity index (χ2v) is 15.9. The predicted octanol–water partition coefficient (Wildman–Crippen LogP) is 4.85. The number of rotatable bonds is 8. The Morgan fingerprint density at radius 3 is 0.871 bits per heavy atom. The van der Waals surface area contributed by atoms with Crippen molar-refractivity contribution in [1.29, 1.82) is 0 Å². The number of ether oxygens (including phenoxy) is 7. The Kier molecular flexibility index (Phi) is 9.88. The Labute approximate surface area is 352 Å². The molecule has 15 heteroatoms. The van der Waals surface area contributed by atoms with Crippen LogP contribution in [0.25, 0.3) is 0 Å². The highest BCUT2D eigenvalue weighted by Crippen LogP contribution is 2.38. The van der Waals surface area contributed by atoms with E-state index in [-0.39, 0.29) is 5.41 Å². The number of carbonyl (C=O) groups is 8. The lowest BCUT2D eigenvalue weighted by Crippen LogP contribution is -2.19. The van der Waals surface area contributed by atoms with E-state index in [0.717, 1.165) is 11.1 Å². The van der Waals surface area contributed by atoms with Crippen molar-refractivity contribution in [3.63, 3.8) is 0 Å². The third-order valence-corrected chi connectivity index (χ3v) is 11.6. The van der Waals surface area contributed by atoms with Crippen molar-refractivity contribution in [3.05, 3.63) is 156 Å². The van der Waals surface area contributed by atoms with E-state index in [1.807, 2.05) is 48.5 Å². The summed E-state index contributed by atoms with van der Waals surface area (Å²) in [7, 11) is 0. The maximum atomic E-state index is 11.9. The maximum Gasteiger partial charge on any atom is 0.321 e. The van der Waals surface area contributed by atoms with Crippen molar-refractivity contribution >= 4 is 47.8 Å². The van der Waals surface area contributed by atoms with E-state index in [1.54, 1.807) is 60.8 Å². The molecule has 10 rings (SSSR count). The first kappa shape index (κ1) is 39.8. The SMILES string of the molecule is CC(C)(c1ccc(OC2=CC3C(=O)OC(=O)C3C=C2)cc1)c1ccc(OC2=CC3C(=O)OC(=O)C3C=C2)cc1.O=C1OC(=O)C2C=C(OC3=CC4C(=O)OC(=O)C4C=C3)C=CC12. The zero-order chi connectivity index (χ0) is 43.4. The number of fused-ring (bicyclic) bond motifs is 4. The molecule has 0 bridgehead atoms. The van der Waals surface area contributed by atoms with Crippen LogP contribution in [0.1, 0.15) is 25.0 Å². The van der Waals surface area contributed by atoms with Crippen LogP contribution in [0.2, 0.25) is 0 Å². The molecule has 62 heavy (non-hydrogen) atoms. The highest BCUT2D eigenvalue weighted by molar-refractivity contribution is 6.01. The van der Waals surface area contributed by atoms with E-state index >= 15 is 0 Å². The maximum absolute atomic E-state index is 11.9. The molecular weight excluding hydrogens is 805 g/mol. The van der Waals surface area contributed by atoms with Crippen molar-refractivity contribution in [2.45, 2.75) is 19.3 Å². The number of benzene rings is 2. The molecule has 0 saturated carbocycles. The van der Waals surface area contributed by atoms with Gasteiger partial charge in [0.15, 0.2) is 0 Å². The van der Waals surface area contributed by atoms with Gasteiger partial charge in [-0.1, -0.05) is 62.4 Å². The lowest BCUT2D eigenvalue weighted by atomic mass is 9.78. The van der Waals surface area contributed by atoms with E-state index in [4.69, 9.17) is 23.7 Å². The zero-order valence-corrected chi connectivity index (χ0v) is 32.8. The predicted molar refractivity (Wildman–Crippen MR) is 209 cm³/mol. The molecule has 0 radical (unpaired) electrons. The minimum absolute atomic E-state index is 0.326. The topological polar surface area (TPSA) is 201 Å². The number of cyclic esters (lactones) is 8. The molecule has 0 aromatic heterocycles. The van der Waals surface area contributed by atoms with Gasteiger partial charge in [-0.05, 0) is 84.0 Å². The Balaban J connectivity index is 0.000000181. The highest BCUT2D eigenvalue weighted by Gasteiger charge is 2.46. The van der Waals surface area contributed by atoms with Crippen molar-refractivity contribution in [1.82, 2.24) is 0 Å². The normalized spacial score (nSPS) is 28.7. The fraction of sp³-hybridized carbons (Fsp3) is 0.234. The largest absolute Gasteiger partial charge is 0.458 e. The van der Waals surface area contributed by atoms with Gasteiger partial charge in [0.2, 0.25) is 0 Å². The number of carbonyl (C=O) groups excluding carboxylic acids is 8. The molecule has 2 aromatic rings. The van der Waals surface area contributed by atoms with Crippen LogP contribution in [0, 0.1) is 47.3 Å². The van der Waals surface area contributed by atoms with Crippen molar-refractivity contribution < 1.29 is 71.5 Å². The molecule has 15 nitrogen and oxygen atoms in total. The van der Waals surface area contributed by atoms with Gasteiger partial charge in [0, 0.05) is 5.41 Å². The first-order valence-electron chi connectivity index (χ1n) is 19.6. The van der Waals surface area contributed by atoms with Gasteiger partial charge in [0.05, 0.1) is 47.3 Å². The van der Waals surface area contributed by atoms with Crippen molar-refractivity contribution in [2.75, 3.05) is 0 Å². The van der Waals surface area contributed by atoms with Crippen LogP contribution in [0.3, 0.4) is 0 Å². The summed E-state index contributed by atoms with van der Waals surface area (Å²) >= 11 is 0. The summed E-state index contributed by atoms with van der Waals surface area (Å²) in [5, 5.41) is 0. The fourth-order valence-electron chi connectivity index (χ4n) is 8.04. The lowest BCUT2D eigenvalue weighted by Gasteiger charge is -2.26. The van der Waals surface area contributed by atoms with Crippen LogP contribution >= 0.6 is 0 Å². The van der Waals surface area contributed by atoms with E-state index in [2.05, 4.69) is 23.3 Å². The van der Waals surface area contributed by atoms with Crippen LogP contribution < -0.4 is 9.47 Å². The second-order valence-electron chi connectivity index (χ2n) is 15.9. The monoisotopic (exact) mass is 838 g/mol. The molecule has 0 spiro atoms. The van der Waals surface area contributed by atoms with Gasteiger partial charge in [-0.15, -0.1) is 0 Å². The van der Waals surface area contributed by atoms with Crippen LogP contribution in [-0.4, -0.2) is 47.8 Å². The van der Waals surface area contributed by atoms with Crippen LogP contribution in [0.15, 0.2) is 144 Å². The number of hydrogen-bond donors (Lipinski definition) is 0. The van der Waals surface area contributed by atoms with E-state index in [1.165, 1.54) is 12.2 Å². The first-order valence-corrected chi connectivity index (χ1v) is 19.6. The average Bonchev–Trinajstić information content (AvgIpc) is 3.92. The Bertz CT molecular complexity index is 2440. The third-order valence-electron chi connectivity index (χ3n) is 11.6. The van der Waals surface area contributed by atoms with Gasteiger partial charge < -0.3 is 33.2 Å². The molecule has 8 atom stereocenters. The summed E-state index contributed by atoms with van der Waals surface area (Å²) in [6.45, 7) is 4.23. The van der Waals surface area contributed by atoms with Gasteiger partial charge in [-0.25, -0.2) is 0 Å². The van der Waals surface area contributed by atoms with Crippen LogP contribution in [0.4, 0.5) is 0 Å². The van der Waals surface area contributed by atoms with Gasteiger partial charge >= 0.3 is 47.8 Å². The van der Waals surface area contributed by atoms with Crippen molar-refractivity contribution in [2.24, 2.45) is 47.3 Å². The number of esters is 8. The number of hydrogen-bond acceptors (Lipinski definition) is 15. The Morgan fingerprint density at radius 2 is 0.597 bits per heavy atom. The molecule has 0 N–H and O–H groups in total. The second kappa shape index (κ2) is 15.4.